The maximum absolute atomic E-state index is 11.8. The van der Waals surface area contributed by atoms with Crippen LogP contribution < -0.4 is 0 Å². The van der Waals surface area contributed by atoms with Gasteiger partial charge in [-0.25, -0.2) is 0 Å². The SMILES string of the molecule is C[C@@H]1Cc2ccccc2C[C@H](C)C1=O. The molecule has 1 aliphatic carbocycles. The monoisotopic (exact) mass is 188 g/mol. The summed E-state index contributed by atoms with van der Waals surface area (Å²) < 4.78 is 0. The van der Waals surface area contributed by atoms with Crippen LogP contribution in [0, 0.1) is 11.8 Å². The molecule has 0 aromatic heterocycles. The molecule has 0 spiro atoms. The van der Waals surface area contributed by atoms with Crippen molar-refractivity contribution in [2.75, 3.05) is 0 Å². The Morgan fingerprint density at radius 2 is 1.43 bits per heavy atom. The van der Waals surface area contributed by atoms with Gasteiger partial charge in [0.1, 0.15) is 5.78 Å². The summed E-state index contributed by atoms with van der Waals surface area (Å²) in [6, 6.07) is 8.42. The van der Waals surface area contributed by atoms with Crippen LogP contribution in [0.4, 0.5) is 0 Å². The van der Waals surface area contributed by atoms with Crippen LogP contribution in [0.1, 0.15) is 25.0 Å². The van der Waals surface area contributed by atoms with E-state index < -0.39 is 0 Å². The second-order valence-electron chi connectivity index (χ2n) is 4.38. The van der Waals surface area contributed by atoms with Crippen LogP contribution in [0.25, 0.3) is 0 Å². The minimum absolute atomic E-state index is 0.189. The predicted octanol–water partition coefficient (Wildman–Crippen LogP) is 2.63. The number of hydrogen-bond acceptors (Lipinski definition) is 1. The van der Waals surface area contributed by atoms with E-state index in [0.717, 1.165) is 12.8 Å². The molecule has 1 aromatic carbocycles. The molecule has 74 valence electrons. The first-order chi connectivity index (χ1) is 6.68. The predicted molar refractivity (Wildman–Crippen MR) is 57.2 cm³/mol. The van der Waals surface area contributed by atoms with Crippen LogP contribution in [0.15, 0.2) is 24.3 Å². The molecule has 14 heavy (non-hydrogen) atoms. The summed E-state index contributed by atoms with van der Waals surface area (Å²) in [6.07, 6.45) is 1.83. The molecule has 2 rings (SSSR count). The number of rotatable bonds is 0. The Morgan fingerprint density at radius 1 is 1.00 bits per heavy atom. The van der Waals surface area contributed by atoms with E-state index in [9.17, 15) is 4.79 Å². The minimum Gasteiger partial charge on any atom is -0.299 e. The van der Waals surface area contributed by atoms with Crippen LogP contribution in [0.5, 0.6) is 0 Å². The summed E-state index contributed by atoms with van der Waals surface area (Å²) in [4.78, 5) is 11.8. The van der Waals surface area contributed by atoms with Gasteiger partial charge >= 0.3 is 0 Å². The second-order valence-corrected chi connectivity index (χ2v) is 4.38. The molecule has 0 heterocycles. The fourth-order valence-electron chi connectivity index (χ4n) is 2.30. The zero-order valence-corrected chi connectivity index (χ0v) is 8.79. The average Bonchev–Trinajstić information content (AvgIpc) is 2.28. The highest BCUT2D eigenvalue weighted by atomic mass is 16.1. The van der Waals surface area contributed by atoms with Gasteiger partial charge in [-0.1, -0.05) is 38.1 Å². The molecule has 1 nitrogen and oxygen atoms in total. The number of hydrogen-bond donors (Lipinski definition) is 0. The van der Waals surface area contributed by atoms with E-state index >= 15 is 0 Å². The van der Waals surface area contributed by atoms with E-state index in [1.807, 2.05) is 13.8 Å². The lowest BCUT2D eigenvalue weighted by atomic mass is 9.93. The largest absolute Gasteiger partial charge is 0.299 e. The van der Waals surface area contributed by atoms with Crippen molar-refractivity contribution in [3.05, 3.63) is 35.4 Å². The van der Waals surface area contributed by atoms with Crippen LogP contribution in [-0.2, 0) is 17.6 Å². The Hall–Kier alpha value is -1.11. The number of carbonyl (C=O) groups excluding carboxylic acids is 1. The molecule has 0 bridgehead atoms. The molecule has 0 fully saturated rings. The third-order valence-electron chi connectivity index (χ3n) is 3.14. The Bertz CT molecular complexity index is 321. The van der Waals surface area contributed by atoms with Gasteiger partial charge < -0.3 is 0 Å². The van der Waals surface area contributed by atoms with Gasteiger partial charge in [0, 0.05) is 11.8 Å². The first kappa shape index (κ1) is 9.45. The Labute approximate surface area is 85.1 Å². The number of Topliss-reactive ketones (excluding diaryl/α,β-unsaturated/α-hetero) is 1. The Kier molecular flexibility index (Phi) is 2.40. The van der Waals surface area contributed by atoms with Crippen LogP contribution in [-0.4, -0.2) is 5.78 Å². The maximum Gasteiger partial charge on any atom is 0.139 e. The topological polar surface area (TPSA) is 17.1 Å². The van der Waals surface area contributed by atoms with Crippen molar-refractivity contribution in [3.63, 3.8) is 0 Å². The van der Waals surface area contributed by atoms with Gasteiger partial charge in [-0.3, -0.25) is 4.79 Å². The summed E-state index contributed by atoms with van der Waals surface area (Å²) in [5.74, 6) is 0.795. The lowest BCUT2D eigenvalue weighted by Gasteiger charge is -2.09. The van der Waals surface area contributed by atoms with Crippen LogP contribution in [0.2, 0.25) is 0 Å². The molecule has 0 saturated carbocycles. The third-order valence-corrected chi connectivity index (χ3v) is 3.14. The molecule has 0 N–H and O–H groups in total. The van der Waals surface area contributed by atoms with Crippen LogP contribution in [0.3, 0.4) is 0 Å². The molecular weight excluding hydrogens is 172 g/mol. The standard InChI is InChI=1S/C13H16O/c1-9-7-11-5-3-4-6-12(11)8-10(2)13(9)14/h3-6,9-10H,7-8H2,1-2H3/t9-,10+. The molecule has 1 heteroatoms. The van der Waals surface area contributed by atoms with E-state index in [4.69, 9.17) is 0 Å². The molecule has 2 atom stereocenters. The average molecular weight is 188 g/mol. The van der Waals surface area contributed by atoms with E-state index in [1.54, 1.807) is 0 Å². The summed E-state index contributed by atoms with van der Waals surface area (Å²) in [5.41, 5.74) is 2.72. The van der Waals surface area contributed by atoms with Crippen molar-refractivity contribution in [2.45, 2.75) is 26.7 Å². The number of carbonyl (C=O) groups is 1. The van der Waals surface area contributed by atoms with Gasteiger partial charge in [0.25, 0.3) is 0 Å². The number of ketones is 1. The summed E-state index contributed by atoms with van der Waals surface area (Å²) in [5, 5.41) is 0. The molecule has 1 aliphatic rings. The van der Waals surface area contributed by atoms with Crippen LogP contribution >= 0.6 is 0 Å². The van der Waals surface area contributed by atoms with Crippen molar-refractivity contribution < 1.29 is 4.79 Å². The van der Waals surface area contributed by atoms with Gasteiger partial charge in [-0.15, -0.1) is 0 Å². The van der Waals surface area contributed by atoms with E-state index in [0.29, 0.717) is 5.78 Å². The quantitative estimate of drug-likeness (QED) is 0.572. The highest BCUT2D eigenvalue weighted by Crippen LogP contribution is 2.25. The summed E-state index contributed by atoms with van der Waals surface area (Å²) in [6.45, 7) is 4.09. The zero-order valence-electron chi connectivity index (χ0n) is 8.79. The van der Waals surface area contributed by atoms with Gasteiger partial charge in [0.15, 0.2) is 0 Å². The molecule has 0 amide bonds. The second kappa shape index (κ2) is 3.56. The van der Waals surface area contributed by atoms with Gasteiger partial charge in [0.2, 0.25) is 0 Å². The smallest absolute Gasteiger partial charge is 0.139 e. The lowest BCUT2D eigenvalue weighted by molar-refractivity contribution is -0.125. The summed E-state index contributed by atoms with van der Waals surface area (Å²) in [7, 11) is 0. The molecule has 0 radical (unpaired) electrons. The van der Waals surface area contributed by atoms with Crippen molar-refractivity contribution in [2.24, 2.45) is 11.8 Å². The molecule has 1 aromatic rings. The first-order valence-corrected chi connectivity index (χ1v) is 5.29. The number of benzene rings is 1. The maximum atomic E-state index is 11.8. The third kappa shape index (κ3) is 1.59. The van der Waals surface area contributed by atoms with Gasteiger partial charge in [-0.2, -0.15) is 0 Å². The Balaban J connectivity index is 2.39. The normalized spacial score (nSPS) is 26.9. The van der Waals surface area contributed by atoms with Gasteiger partial charge in [0.05, 0.1) is 0 Å². The molecule has 0 aliphatic heterocycles. The van der Waals surface area contributed by atoms with Crippen molar-refractivity contribution >= 4 is 5.78 Å². The molecular formula is C13H16O. The first-order valence-electron chi connectivity index (χ1n) is 5.29. The summed E-state index contributed by atoms with van der Waals surface area (Å²) >= 11 is 0. The van der Waals surface area contributed by atoms with Crippen molar-refractivity contribution in [1.29, 1.82) is 0 Å². The van der Waals surface area contributed by atoms with Crippen molar-refractivity contribution in [1.82, 2.24) is 0 Å². The fraction of sp³-hybridized carbons (Fsp3) is 0.462. The molecule has 0 unspecified atom stereocenters. The van der Waals surface area contributed by atoms with E-state index in [-0.39, 0.29) is 11.8 Å². The van der Waals surface area contributed by atoms with E-state index in [2.05, 4.69) is 24.3 Å². The lowest BCUT2D eigenvalue weighted by Crippen LogP contribution is -2.19. The number of fused-ring (bicyclic) bond motifs is 1. The highest BCUT2D eigenvalue weighted by Gasteiger charge is 2.25. The van der Waals surface area contributed by atoms with Crippen molar-refractivity contribution in [3.8, 4) is 0 Å². The fourth-order valence-corrected chi connectivity index (χ4v) is 2.30. The molecule has 0 saturated heterocycles. The Morgan fingerprint density at radius 3 is 1.86 bits per heavy atom. The minimum atomic E-state index is 0.189. The van der Waals surface area contributed by atoms with Gasteiger partial charge in [-0.05, 0) is 24.0 Å². The highest BCUT2D eigenvalue weighted by molar-refractivity contribution is 5.84. The zero-order chi connectivity index (χ0) is 10.1. The van der Waals surface area contributed by atoms with E-state index in [1.165, 1.54) is 11.1 Å².